The van der Waals surface area contributed by atoms with Crippen molar-refractivity contribution >= 4 is 16.8 Å². The normalized spacial score (nSPS) is 11.0. The quantitative estimate of drug-likeness (QED) is 0.756. The number of hydrogen-bond donors (Lipinski definition) is 1. The van der Waals surface area contributed by atoms with Crippen molar-refractivity contribution in [3.8, 4) is 0 Å². The number of nitrogens with zero attached hydrogens (tertiary/aromatic N) is 2. The van der Waals surface area contributed by atoms with Crippen LogP contribution in [0.25, 0.3) is 10.9 Å². The molecule has 0 atom stereocenters. The van der Waals surface area contributed by atoms with Crippen LogP contribution in [0.5, 0.6) is 0 Å². The van der Waals surface area contributed by atoms with Crippen LogP contribution in [-0.4, -0.2) is 15.5 Å². The summed E-state index contributed by atoms with van der Waals surface area (Å²) in [5, 5.41) is -0.179. The third kappa shape index (κ3) is 2.30. The van der Waals surface area contributed by atoms with E-state index in [1.807, 2.05) is 0 Å². The van der Waals surface area contributed by atoms with Crippen LogP contribution in [0.3, 0.4) is 0 Å². The van der Waals surface area contributed by atoms with Crippen LogP contribution < -0.4 is 5.73 Å². The zero-order valence-electron chi connectivity index (χ0n) is 11.2. The molecule has 4 nitrogen and oxygen atoms in total. The first-order valence-electron chi connectivity index (χ1n) is 6.34. The number of carbonyl (C=O) groups excluding carboxylic acids is 1. The SMILES string of the molecule is NC(=O)c1cn(Cc2ccnc(F)c2)c2c(F)ccc(F)c12. The largest absolute Gasteiger partial charge is 0.366 e. The summed E-state index contributed by atoms with van der Waals surface area (Å²) in [6, 6.07) is 4.61. The third-order valence-corrected chi connectivity index (χ3v) is 3.33. The molecule has 1 amide bonds. The van der Waals surface area contributed by atoms with Gasteiger partial charge < -0.3 is 10.3 Å². The zero-order valence-corrected chi connectivity index (χ0v) is 11.2. The van der Waals surface area contributed by atoms with Crippen molar-refractivity contribution in [2.75, 3.05) is 0 Å². The lowest BCUT2D eigenvalue weighted by Crippen LogP contribution is -2.10. The predicted molar refractivity (Wildman–Crippen MR) is 73.7 cm³/mol. The number of primary amides is 1. The van der Waals surface area contributed by atoms with E-state index in [2.05, 4.69) is 4.98 Å². The fourth-order valence-corrected chi connectivity index (χ4v) is 2.41. The third-order valence-electron chi connectivity index (χ3n) is 3.33. The second-order valence-corrected chi connectivity index (χ2v) is 4.77. The van der Waals surface area contributed by atoms with Crippen LogP contribution in [-0.2, 0) is 6.54 Å². The number of nitrogens with two attached hydrogens (primary N) is 1. The van der Waals surface area contributed by atoms with Crippen molar-refractivity contribution in [1.82, 2.24) is 9.55 Å². The van der Waals surface area contributed by atoms with Gasteiger partial charge >= 0.3 is 0 Å². The maximum absolute atomic E-state index is 14.1. The second-order valence-electron chi connectivity index (χ2n) is 4.77. The number of rotatable bonds is 3. The highest BCUT2D eigenvalue weighted by atomic mass is 19.1. The monoisotopic (exact) mass is 305 g/mol. The molecule has 0 spiro atoms. The van der Waals surface area contributed by atoms with Crippen molar-refractivity contribution in [2.24, 2.45) is 5.73 Å². The van der Waals surface area contributed by atoms with E-state index < -0.39 is 23.5 Å². The van der Waals surface area contributed by atoms with Gasteiger partial charge in [0, 0.05) is 18.9 Å². The summed E-state index contributed by atoms with van der Waals surface area (Å²) in [6.07, 6.45) is 2.53. The molecule has 0 aliphatic rings. The molecule has 0 aliphatic carbocycles. The highest BCUT2D eigenvalue weighted by Crippen LogP contribution is 2.27. The van der Waals surface area contributed by atoms with Gasteiger partial charge in [-0.1, -0.05) is 0 Å². The molecule has 7 heteroatoms. The molecule has 2 heterocycles. The first kappa shape index (κ1) is 14.1. The Morgan fingerprint density at radius 2 is 1.91 bits per heavy atom. The number of benzene rings is 1. The molecule has 2 aromatic heterocycles. The van der Waals surface area contributed by atoms with Gasteiger partial charge in [-0.2, -0.15) is 4.39 Å². The number of amides is 1. The maximum atomic E-state index is 14.1. The Labute approximate surface area is 123 Å². The fraction of sp³-hybridized carbons (Fsp3) is 0.0667. The minimum absolute atomic E-state index is 0.0452. The highest BCUT2D eigenvalue weighted by molar-refractivity contribution is 6.06. The Bertz CT molecular complexity index is 889. The van der Waals surface area contributed by atoms with Crippen molar-refractivity contribution in [1.29, 1.82) is 0 Å². The zero-order chi connectivity index (χ0) is 15.9. The molecule has 3 rings (SSSR count). The topological polar surface area (TPSA) is 60.9 Å². The fourth-order valence-electron chi connectivity index (χ4n) is 2.41. The standard InChI is InChI=1S/C15H10F3N3O/c16-10-1-2-11(17)14-13(10)9(15(19)22)7-21(14)6-8-3-4-20-12(18)5-8/h1-5,7H,6H2,(H2,19,22). The van der Waals surface area contributed by atoms with Crippen LogP contribution in [0, 0.1) is 17.6 Å². The lowest BCUT2D eigenvalue weighted by atomic mass is 10.1. The Balaban J connectivity index is 2.22. The van der Waals surface area contributed by atoms with Crippen molar-refractivity contribution < 1.29 is 18.0 Å². The van der Waals surface area contributed by atoms with Gasteiger partial charge in [0.1, 0.15) is 11.6 Å². The Morgan fingerprint density at radius 3 is 2.59 bits per heavy atom. The summed E-state index contributed by atoms with van der Waals surface area (Å²) in [7, 11) is 0. The van der Waals surface area contributed by atoms with Crippen LogP contribution in [0.15, 0.2) is 36.7 Å². The summed E-state index contributed by atoms with van der Waals surface area (Å²) < 4.78 is 42.5. The van der Waals surface area contributed by atoms with E-state index in [1.165, 1.54) is 29.1 Å². The van der Waals surface area contributed by atoms with Gasteiger partial charge in [0.25, 0.3) is 5.91 Å². The van der Waals surface area contributed by atoms with E-state index in [4.69, 9.17) is 5.73 Å². The molecule has 112 valence electrons. The molecular weight excluding hydrogens is 295 g/mol. The molecule has 0 unspecified atom stereocenters. The van der Waals surface area contributed by atoms with E-state index in [9.17, 15) is 18.0 Å². The number of hydrogen-bond acceptors (Lipinski definition) is 2. The van der Waals surface area contributed by atoms with E-state index in [0.29, 0.717) is 5.56 Å². The van der Waals surface area contributed by atoms with Crippen LogP contribution in [0.1, 0.15) is 15.9 Å². The van der Waals surface area contributed by atoms with E-state index >= 15 is 0 Å². The molecule has 3 aromatic rings. The summed E-state index contributed by atoms with van der Waals surface area (Å²) in [5.74, 6) is -2.99. The number of halogens is 3. The van der Waals surface area contributed by atoms with Crippen molar-refractivity contribution in [2.45, 2.75) is 6.54 Å². The van der Waals surface area contributed by atoms with Gasteiger partial charge in [0.15, 0.2) is 0 Å². The molecule has 0 fully saturated rings. The molecule has 0 aliphatic heterocycles. The number of aromatic nitrogens is 2. The summed E-state index contributed by atoms with van der Waals surface area (Å²) in [5.41, 5.74) is 5.49. The summed E-state index contributed by atoms with van der Waals surface area (Å²) in [6.45, 7) is 0.0452. The summed E-state index contributed by atoms with van der Waals surface area (Å²) >= 11 is 0. The minimum Gasteiger partial charge on any atom is -0.366 e. The Hall–Kier alpha value is -2.83. The minimum atomic E-state index is -0.867. The highest BCUT2D eigenvalue weighted by Gasteiger charge is 2.19. The molecular formula is C15H10F3N3O. The molecule has 22 heavy (non-hydrogen) atoms. The van der Waals surface area contributed by atoms with E-state index in [0.717, 1.165) is 12.1 Å². The van der Waals surface area contributed by atoms with Crippen LogP contribution in [0.4, 0.5) is 13.2 Å². The van der Waals surface area contributed by atoms with Crippen molar-refractivity contribution in [3.63, 3.8) is 0 Å². The van der Waals surface area contributed by atoms with Gasteiger partial charge in [-0.3, -0.25) is 4.79 Å². The average molecular weight is 305 g/mol. The first-order chi connectivity index (χ1) is 10.5. The van der Waals surface area contributed by atoms with E-state index in [-0.39, 0.29) is 23.0 Å². The van der Waals surface area contributed by atoms with Crippen LogP contribution in [0.2, 0.25) is 0 Å². The smallest absolute Gasteiger partial charge is 0.250 e. The lowest BCUT2D eigenvalue weighted by Gasteiger charge is -2.06. The van der Waals surface area contributed by atoms with Gasteiger partial charge in [0.2, 0.25) is 5.95 Å². The van der Waals surface area contributed by atoms with E-state index in [1.54, 1.807) is 0 Å². The van der Waals surface area contributed by atoms with Gasteiger partial charge in [-0.15, -0.1) is 0 Å². The molecule has 0 saturated carbocycles. The van der Waals surface area contributed by atoms with Gasteiger partial charge in [-0.25, -0.2) is 13.8 Å². The number of fused-ring (bicyclic) bond motifs is 1. The Kier molecular flexibility index (Phi) is 3.32. The predicted octanol–water partition coefficient (Wildman–Crippen LogP) is 2.60. The number of pyridine rings is 1. The second kappa shape index (κ2) is 5.18. The number of carbonyl (C=O) groups is 1. The first-order valence-corrected chi connectivity index (χ1v) is 6.34. The average Bonchev–Trinajstić information content (AvgIpc) is 2.84. The molecule has 0 saturated heterocycles. The van der Waals surface area contributed by atoms with Crippen molar-refractivity contribution in [3.05, 3.63) is 65.4 Å². The van der Waals surface area contributed by atoms with Gasteiger partial charge in [-0.05, 0) is 29.8 Å². The molecule has 0 bridgehead atoms. The maximum Gasteiger partial charge on any atom is 0.250 e. The van der Waals surface area contributed by atoms with Gasteiger partial charge in [0.05, 0.1) is 16.5 Å². The Morgan fingerprint density at radius 1 is 1.18 bits per heavy atom. The lowest BCUT2D eigenvalue weighted by molar-refractivity contribution is 0.100. The molecule has 1 aromatic carbocycles. The molecule has 2 N–H and O–H groups in total. The molecule has 0 radical (unpaired) electrons. The van der Waals surface area contributed by atoms with Crippen LogP contribution >= 0.6 is 0 Å². The summed E-state index contributed by atoms with van der Waals surface area (Å²) in [4.78, 5) is 14.9.